The van der Waals surface area contributed by atoms with Crippen LogP contribution in [0.5, 0.6) is 5.75 Å². The van der Waals surface area contributed by atoms with Crippen molar-refractivity contribution in [2.75, 3.05) is 19.0 Å². The number of hydrogen-bond acceptors (Lipinski definition) is 3. The van der Waals surface area contributed by atoms with E-state index in [1.54, 1.807) is 0 Å². The van der Waals surface area contributed by atoms with Gasteiger partial charge in [-0.3, -0.25) is 0 Å². The van der Waals surface area contributed by atoms with E-state index >= 15 is 0 Å². The molecule has 150 valence electrons. The van der Waals surface area contributed by atoms with Gasteiger partial charge in [0, 0.05) is 32.9 Å². The van der Waals surface area contributed by atoms with Gasteiger partial charge in [0.2, 0.25) is 0 Å². The third-order valence-electron chi connectivity index (χ3n) is 4.53. The fourth-order valence-electron chi connectivity index (χ4n) is 2.78. The molecule has 0 fully saturated rings. The van der Waals surface area contributed by atoms with Crippen molar-refractivity contribution >= 4 is 23.0 Å². The molecule has 0 radical (unpaired) electrons. The maximum atomic E-state index is 5.82. The molecule has 0 saturated carbocycles. The van der Waals surface area contributed by atoms with E-state index in [1.807, 2.05) is 44.4 Å². The Balaban J connectivity index is 1.39. The molecule has 0 spiro atoms. The standard InChI is InChI=1S/C24H27N3OS/c1-27(2)22-12-8-19(9-13-22)16-25-24(29)26-17-20-10-14-23(15-11-20)28-18-21-6-4-3-5-7-21/h3-15H,16-18H2,1-2H3,(H2,25,26,29). The Morgan fingerprint density at radius 1 is 0.759 bits per heavy atom. The SMILES string of the molecule is CN(C)c1ccc(CNC(=S)NCc2ccc(OCc3ccccc3)cc2)cc1. The fourth-order valence-corrected chi connectivity index (χ4v) is 2.93. The highest BCUT2D eigenvalue weighted by molar-refractivity contribution is 7.80. The molecule has 5 heteroatoms. The van der Waals surface area contributed by atoms with Crippen LogP contribution in [0.25, 0.3) is 0 Å². The second kappa shape index (κ2) is 10.5. The lowest BCUT2D eigenvalue weighted by molar-refractivity contribution is 0.306. The highest BCUT2D eigenvalue weighted by atomic mass is 32.1. The number of nitrogens with one attached hydrogen (secondary N) is 2. The number of hydrogen-bond donors (Lipinski definition) is 2. The van der Waals surface area contributed by atoms with Crippen molar-refractivity contribution in [3.8, 4) is 5.75 Å². The molecule has 0 aliphatic rings. The topological polar surface area (TPSA) is 36.5 Å². The zero-order valence-electron chi connectivity index (χ0n) is 16.9. The quantitative estimate of drug-likeness (QED) is 0.540. The summed E-state index contributed by atoms with van der Waals surface area (Å²) in [6.45, 7) is 1.94. The summed E-state index contributed by atoms with van der Waals surface area (Å²) in [6, 6.07) is 26.7. The first-order valence-corrected chi connectivity index (χ1v) is 10.0. The number of nitrogens with zero attached hydrogens (tertiary/aromatic N) is 1. The minimum atomic E-state index is 0.571. The van der Waals surface area contributed by atoms with Crippen molar-refractivity contribution in [2.45, 2.75) is 19.7 Å². The highest BCUT2D eigenvalue weighted by Crippen LogP contribution is 2.14. The minimum Gasteiger partial charge on any atom is -0.489 e. The summed E-state index contributed by atoms with van der Waals surface area (Å²) in [7, 11) is 4.07. The normalized spacial score (nSPS) is 10.3. The van der Waals surface area contributed by atoms with Crippen LogP contribution < -0.4 is 20.3 Å². The lowest BCUT2D eigenvalue weighted by atomic mass is 10.2. The maximum absolute atomic E-state index is 5.82. The highest BCUT2D eigenvalue weighted by Gasteiger charge is 2.01. The van der Waals surface area contributed by atoms with E-state index < -0.39 is 0 Å². The Morgan fingerprint density at radius 3 is 1.86 bits per heavy atom. The summed E-state index contributed by atoms with van der Waals surface area (Å²) < 4.78 is 5.82. The number of ether oxygens (including phenoxy) is 1. The lowest BCUT2D eigenvalue weighted by Gasteiger charge is -2.14. The Labute approximate surface area is 178 Å². The van der Waals surface area contributed by atoms with Gasteiger partial charge in [-0.1, -0.05) is 54.6 Å². The zero-order chi connectivity index (χ0) is 20.5. The Bertz CT molecular complexity index is 894. The van der Waals surface area contributed by atoms with Crippen LogP contribution in [0.15, 0.2) is 78.9 Å². The van der Waals surface area contributed by atoms with E-state index in [0.29, 0.717) is 24.8 Å². The summed E-state index contributed by atoms with van der Waals surface area (Å²) >= 11 is 5.39. The molecule has 29 heavy (non-hydrogen) atoms. The van der Waals surface area contributed by atoms with Gasteiger partial charge in [-0.25, -0.2) is 0 Å². The molecule has 0 aliphatic heterocycles. The Morgan fingerprint density at radius 2 is 1.31 bits per heavy atom. The molecule has 0 amide bonds. The molecular formula is C24H27N3OS. The van der Waals surface area contributed by atoms with Gasteiger partial charge in [0.1, 0.15) is 12.4 Å². The summed E-state index contributed by atoms with van der Waals surface area (Å²) in [5, 5.41) is 7.14. The maximum Gasteiger partial charge on any atom is 0.166 e. The number of rotatable bonds is 8. The molecule has 0 unspecified atom stereocenters. The van der Waals surface area contributed by atoms with Crippen molar-refractivity contribution in [2.24, 2.45) is 0 Å². The monoisotopic (exact) mass is 405 g/mol. The third-order valence-corrected chi connectivity index (χ3v) is 4.82. The van der Waals surface area contributed by atoms with Crippen LogP contribution in [0, 0.1) is 0 Å². The molecule has 0 bridgehead atoms. The van der Waals surface area contributed by atoms with Crippen LogP contribution in [0.3, 0.4) is 0 Å². The van der Waals surface area contributed by atoms with E-state index in [-0.39, 0.29) is 0 Å². The molecule has 0 aliphatic carbocycles. The third kappa shape index (κ3) is 6.80. The minimum absolute atomic E-state index is 0.571. The lowest BCUT2D eigenvalue weighted by Crippen LogP contribution is -2.34. The van der Waals surface area contributed by atoms with Crippen LogP contribution in [-0.4, -0.2) is 19.2 Å². The molecule has 3 aromatic carbocycles. The van der Waals surface area contributed by atoms with Crippen LogP contribution in [-0.2, 0) is 19.7 Å². The first-order valence-electron chi connectivity index (χ1n) is 9.64. The van der Waals surface area contributed by atoms with Gasteiger partial charge in [0.05, 0.1) is 0 Å². The van der Waals surface area contributed by atoms with E-state index in [1.165, 1.54) is 11.3 Å². The smallest absolute Gasteiger partial charge is 0.166 e. The second-order valence-corrected chi connectivity index (χ2v) is 7.42. The summed E-state index contributed by atoms with van der Waals surface area (Å²) in [6.07, 6.45) is 0. The molecule has 0 heterocycles. The Kier molecular flexibility index (Phi) is 7.47. The molecule has 4 nitrogen and oxygen atoms in total. The van der Waals surface area contributed by atoms with E-state index in [0.717, 1.165) is 16.9 Å². The van der Waals surface area contributed by atoms with Crippen LogP contribution in [0.4, 0.5) is 5.69 Å². The molecule has 3 rings (SSSR count). The average Bonchev–Trinajstić information content (AvgIpc) is 2.76. The summed E-state index contributed by atoms with van der Waals surface area (Å²) in [5.74, 6) is 0.861. The van der Waals surface area contributed by atoms with E-state index in [2.05, 4.69) is 64.1 Å². The first-order chi connectivity index (χ1) is 14.1. The largest absolute Gasteiger partial charge is 0.489 e. The van der Waals surface area contributed by atoms with Crippen molar-refractivity contribution in [1.82, 2.24) is 10.6 Å². The van der Waals surface area contributed by atoms with Gasteiger partial charge < -0.3 is 20.3 Å². The number of benzene rings is 3. The molecule has 0 atom stereocenters. The number of anilines is 1. The second-order valence-electron chi connectivity index (χ2n) is 7.02. The molecule has 3 aromatic rings. The molecule has 0 saturated heterocycles. The Hall–Kier alpha value is -3.05. The first kappa shape index (κ1) is 20.7. The predicted molar refractivity (Wildman–Crippen MR) is 124 cm³/mol. The molecular weight excluding hydrogens is 378 g/mol. The van der Waals surface area contributed by atoms with Crippen molar-refractivity contribution in [1.29, 1.82) is 0 Å². The summed E-state index contributed by atoms with van der Waals surface area (Å²) in [5.41, 5.74) is 4.69. The van der Waals surface area contributed by atoms with Crippen molar-refractivity contribution < 1.29 is 4.74 Å². The van der Waals surface area contributed by atoms with Crippen LogP contribution in [0.2, 0.25) is 0 Å². The van der Waals surface area contributed by atoms with Gasteiger partial charge in [0.15, 0.2) is 5.11 Å². The van der Waals surface area contributed by atoms with E-state index in [4.69, 9.17) is 17.0 Å². The number of thiocarbonyl (C=S) groups is 1. The molecule has 2 N–H and O–H groups in total. The van der Waals surface area contributed by atoms with Gasteiger partial charge >= 0.3 is 0 Å². The van der Waals surface area contributed by atoms with Gasteiger partial charge in [-0.05, 0) is 53.2 Å². The van der Waals surface area contributed by atoms with Crippen molar-refractivity contribution in [3.63, 3.8) is 0 Å². The fraction of sp³-hybridized carbons (Fsp3) is 0.208. The van der Waals surface area contributed by atoms with Crippen LogP contribution >= 0.6 is 12.2 Å². The van der Waals surface area contributed by atoms with Gasteiger partial charge in [0.25, 0.3) is 0 Å². The van der Waals surface area contributed by atoms with Gasteiger partial charge in [-0.2, -0.15) is 0 Å². The van der Waals surface area contributed by atoms with Gasteiger partial charge in [-0.15, -0.1) is 0 Å². The van der Waals surface area contributed by atoms with Crippen molar-refractivity contribution in [3.05, 3.63) is 95.6 Å². The summed E-state index contributed by atoms with van der Waals surface area (Å²) in [4.78, 5) is 2.08. The predicted octanol–water partition coefficient (Wildman–Crippen LogP) is 4.50. The average molecular weight is 406 g/mol. The zero-order valence-corrected chi connectivity index (χ0v) is 17.7. The van der Waals surface area contributed by atoms with E-state index in [9.17, 15) is 0 Å². The molecule has 0 aromatic heterocycles. The van der Waals surface area contributed by atoms with Crippen LogP contribution in [0.1, 0.15) is 16.7 Å².